The molecule has 1 atom stereocenters. The Morgan fingerprint density at radius 3 is 2.62 bits per heavy atom. The van der Waals surface area contributed by atoms with Gasteiger partial charge < -0.3 is 5.11 Å². The summed E-state index contributed by atoms with van der Waals surface area (Å²) in [5.41, 5.74) is -0.566. The van der Waals surface area contributed by atoms with Crippen molar-refractivity contribution < 1.29 is 14.7 Å². The Labute approximate surface area is 78.8 Å². The normalized spacial score (nSPS) is 14.8. The molecule has 0 fully saturated rings. The smallest absolute Gasteiger partial charge is 0.246 e. The fourth-order valence-corrected chi connectivity index (χ4v) is 0.751. The fourth-order valence-electron chi connectivity index (χ4n) is 0.751. The predicted molar refractivity (Wildman–Crippen MR) is 49.8 cm³/mol. The molecule has 0 saturated carbocycles. The van der Waals surface area contributed by atoms with Crippen LogP contribution in [0.4, 0.5) is 0 Å². The van der Waals surface area contributed by atoms with Crippen LogP contribution in [0.2, 0.25) is 0 Å². The molecule has 0 aliphatic carbocycles. The van der Waals surface area contributed by atoms with Gasteiger partial charge in [0.2, 0.25) is 5.91 Å². The van der Waals surface area contributed by atoms with E-state index in [1.165, 1.54) is 14.2 Å². The van der Waals surface area contributed by atoms with Crippen molar-refractivity contribution in [3.8, 4) is 0 Å². The van der Waals surface area contributed by atoms with E-state index in [9.17, 15) is 4.79 Å². The van der Waals surface area contributed by atoms with Crippen molar-refractivity contribution in [3.63, 3.8) is 0 Å². The van der Waals surface area contributed by atoms with Crippen molar-refractivity contribution in [2.24, 2.45) is 5.41 Å². The molecule has 4 nitrogen and oxygen atoms in total. The second-order valence-corrected chi connectivity index (χ2v) is 3.27. The first-order valence-corrected chi connectivity index (χ1v) is 4.04. The molecule has 4 heteroatoms. The molecule has 13 heavy (non-hydrogen) atoms. The van der Waals surface area contributed by atoms with Crippen LogP contribution in [0, 0.1) is 5.41 Å². The topological polar surface area (TPSA) is 49.8 Å². The lowest BCUT2D eigenvalue weighted by Gasteiger charge is -2.24. The number of rotatable bonds is 5. The van der Waals surface area contributed by atoms with Gasteiger partial charge in [0.1, 0.15) is 0 Å². The first-order valence-electron chi connectivity index (χ1n) is 4.04. The summed E-state index contributed by atoms with van der Waals surface area (Å²) in [6.07, 6.45) is 1.77. The Hall–Kier alpha value is -0.870. The van der Waals surface area contributed by atoms with Gasteiger partial charge in [-0.05, 0) is 0 Å². The third kappa shape index (κ3) is 3.57. The summed E-state index contributed by atoms with van der Waals surface area (Å²) in [5, 5.41) is 10.1. The van der Waals surface area contributed by atoms with E-state index in [1.807, 2.05) is 0 Å². The van der Waals surface area contributed by atoms with Crippen LogP contribution in [0.3, 0.4) is 0 Å². The number of aliphatic hydroxyl groups is 1. The van der Waals surface area contributed by atoms with Gasteiger partial charge in [0.25, 0.3) is 0 Å². The van der Waals surface area contributed by atoms with Crippen molar-refractivity contribution in [3.05, 3.63) is 12.7 Å². The van der Waals surface area contributed by atoms with Gasteiger partial charge in [-0.1, -0.05) is 13.0 Å². The minimum absolute atomic E-state index is 0.0974. The number of carbonyl (C=O) groups excluding carboxylic acids is 1. The van der Waals surface area contributed by atoms with Gasteiger partial charge in [0.05, 0.1) is 13.7 Å². The van der Waals surface area contributed by atoms with Crippen LogP contribution < -0.4 is 0 Å². The van der Waals surface area contributed by atoms with Gasteiger partial charge in [-0.3, -0.25) is 9.63 Å². The van der Waals surface area contributed by atoms with Crippen molar-refractivity contribution in [2.75, 3.05) is 20.8 Å². The first kappa shape index (κ1) is 12.1. The number of nitrogens with zero attached hydrogens (tertiary/aromatic N) is 1. The number of carbonyl (C=O) groups is 1. The second-order valence-electron chi connectivity index (χ2n) is 3.27. The van der Waals surface area contributed by atoms with Crippen LogP contribution in [0.15, 0.2) is 12.7 Å². The third-order valence-corrected chi connectivity index (χ3v) is 2.03. The highest BCUT2D eigenvalue weighted by atomic mass is 16.7. The van der Waals surface area contributed by atoms with Gasteiger partial charge in [-0.25, -0.2) is 5.06 Å². The van der Waals surface area contributed by atoms with E-state index in [-0.39, 0.29) is 18.9 Å². The van der Waals surface area contributed by atoms with Gasteiger partial charge in [0.15, 0.2) is 0 Å². The number of amides is 1. The molecule has 0 rings (SSSR count). The summed E-state index contributed by atoms with van der Waals surface area (Å²) in [6, 6.07) is 0. The minimum atomic E-state index is -0.566. The lowest BCUT2D eigenvalue weighted by molar-refractivity contribution is -0.170. The van der Waals surface area contributed by atoms with E-state index >= 15 is 0 Å². The number of hydrogen-bond acceptors (Lipinski definition) is 3. The summed E-state index contributed by atoms with van der Waals surface area (Å²) < 4.78 is 0. The zero-order chi connectivity index (χ0) is 10.5. The highest BCUT2D eigenvalue weighted by molar-refractivity contribution is 5.75. The van der Waals surface area contributed by atoms with E-state index in [1.54, 1.807) is 13.0 Å². The Balaban J connectivity index is 4.25. The standard InChI is InChI=1S/C9H17NO3/c1-5-9(2,7-11)6-8(12)10(3)13-4/h5,11H,1,6-7H2,2-4H3/t9-/m1/s1. The van der Waals surface area contributed by atoms with Crippen molar-refractivity contribution in [2.45, 2.75) is 13.3 Å². The zero-order valence-corrected chi connectivity index (χ0v) is 8.41. The first-order chi connectivity index (χ1) is 5.99. The molecule has 0 aliphatic rings. The quantitative estimate of drug-likeness (QED) is 0.506. The van der Waals surface area contributed by atoms with Crippen LogP contribution in [0.5, 0.6) is 0 Å². The zero-order valence-electron chi connectivity index (χ0n) is 8.41. The van der Waals surface area contributed by atoms with Gasteiger partial charge in [-0.2, -0.15) is 0 Å². The van der Waals surface area contributed by atoms with Crippen molar-refractivity contribution in [1.82, 2.24) is 5.06 Å². The van der Waals surface area contributed by atoms with Crippen LogP contribution in [-0.4, -0.2) is 36.8 Å². The number of hydrogen-bond donors (Lipinski definition) is 1. The maximum atomic E-state index is 11.3. The molecule has 0 spiro atoms. The molecule has 0 unspecified atom stereocenters. The van der Waals surface area contributed by atoms with E-state index in [4.69, 9.17) is 9.94 Å². The molecule has 0 saturated heterocycles. The molecule has 0 heterocycles. The monoisotopic (exact) mass is 187 g/mol. The average molecular weight is 187 g/mol. The second kappa shape index (κ2) is 4.99. The minimum Gasteiger partial charge on any atom is -0.395 e. The lowest BCUT2D eigenvalue weighted by Crippen LogP contribution is -2.32. The van der Waals surface area contributed by atoms with Gasteiger partial charge in [-0.15, -0.1) is 6.58 Å². The number of aliphatic hydroxyl groups excluding tert-OH is 1. The Morgan fingerprint density at radius 1 is 1.77 bits per heavy atom. The molecule has 0 aromatic carbocycles. The average Bonchev–Trinajstić information content (AvgIpc) is 2.16. The molecular formula is C9H17NO3. The largest absolute Gasteiger partial charge is 0.395 e. The van der Waals surface area contributed by atoms with Crippen LogP contribution >= 0.6 is 0 Å². The summed E-state index contributed by atoms with van der Waals surface area (Å²) in [6.45, 7) is 5.24. The fraction of sp³-hybridized carbons (Fsp3) is 0.667. The highest BCUT2D eigenvalue weighted by Gasteiger charge is 2.24. The highest BCUT2D eigenvalue weighted by Crippen LogP contribution is 2.22. The van der Waals surface area contributed by atoms with Gasteiger partial charge in [0, 0.05) is 18.9 Å². The molecule has 1 N–H and O–H groups in total. The van der Waals surface area contributed by atoms with Crippen molar-refractivity contribution in [1.29, 1.82) is 0 Å². The summed E-state index contributed by atoms with van der Waals surface area (Å²) in [4.78, 5) is 16.1. The van der Waals surface area contributed by atoms with E-state index in [0.29, 0.717) is 0 Å². The molecule has 76 valence electrons. The number of hydroxylamine groups is 2. The molecule has 0 bridgehead atoms. The third-order valence-electron chi connectivity index (χ3n) is 2.03. The van der Waals surface area contributed by atoms with E-state index in [2.05, 4.69) is 6.58 Å². The van der Waals surface area contributed by atoms with Crippen LogP contribution in [-0.2, 0) is 9.63 Å². The van der Waals surface area contributed by atoms with Crippen molar-refractivity contribution >= 4 is 5.91 Å². The van der Waals surface area contributed by atoms with E-state index in [0.717, 1.165) is 5.06 Å². The maximum Gasteiger partial charge on any atom is 0.246 e. The summed E-state index contributed by atoms with van der Waals surface area (Å²) >= 11 is 0. The van der Waals surface area contributed by atoms with Crippen LogP contribution in [0.25, 0.3) is 0 Å². The molecule has 0 aliphatic heterocycles. The lowest BCUT2D eigenvalue weighted by atomic mass is 9.88. The van der Waals surface area contributed by atoms with Crippen LogP contribution in [0.1, 0.15) is 13.3 Å². The summed E-state index contributed by atoms with van der Waals surface area (Å²) in [7, 11) is 2.95. The Kier molecular flexibility index (Phi) is 4.66. The predicted octanol–water partition coefficient (Wildman–Crippen LogP) is 0.581. The molecular weight excluding hydrogens is 170 g/mol. The Morgan fingerprint density at radius 2 is 2.31 bits per heavy atom. The summed E-state index contributed by atoms with van der Waals surface area (Å²) in [5.74, 6) is -0.182. The van der Waals surface area contributed by atoms with Gasteiger partial charge >= 0.3 is 0 Å². The SMILES string of the molecule is C=C[C@@](C)(CO)CC(=O)N(C)OC. The maximum absolute atomic E-state index is 11.3. The molecule has 1 amide bonds. The Bertz CT molecular complexity index is 193. The molecule has 0 aromatic rings. The van der Waals surface area contributed by atoms with E-state index < -0.39 is 5.41 Å². The molecule has 0 radical (unpaired) electrons. The molecule has 0 aromatic heterocycles.